The lowest BCUT2D eigenvalue weighted by atomic mass is 10.0. The van der Waals surface area contributed by atoms with Gasteiger partial charge in [0.2, 0.25) is 0 Å². The zero-order chi connectivity index (χ0) is 30.4. The van der Waals surface area contributed by atoms with Crippen LogP contribution in [-0.4, -0.2) is 55.5 Å². The monoisotopic (exact) mass is 576 g/mol. The molecule has 0 saturated heterocycles. The number of esters is 3. The van der Waals surface area contributed by atoms with Gasteiger partial charge in [0.25, 0.3) is 0 Å². The minimum absolute atomic E-state index is 0.00485. The lowest BCUT2D eigenvalue weighted by molar-refractivity contribution is -0.192. The fourth-order valence-corrected chi connectivity index (χ4v) is 4.08. The zero-order valence-electron chi connectivity index (χ0n) is 24.7. The van der Waals surface area contributed by atoms with E-state index in [-0.39, 0.29) is 19.8 Å². The topological polar surface area (TPSA) is 97.4 Å². The second-order valence-electron chi connectivity index (χ2n) is 10.6. The Kier molecular flexibility index (Phi) is 12.7. The van der Waals surface area contributed by atoms with E-state index in [4.69, 9.17) is 23.7 Å². The number of fused-ring (bicyclic) bond motifs is 1. The van der Waals surface area contributed by atoms with Gasteiger partial charge in [-0.3, -0.25) is 0 Å². The number of allylic oxidation sites excluding steroid dienone is 1. The normalized spacial score (nSPS) is 13.0. The molecule has 3 aromatic carbocycles. The molecule has 0 spiro atoms. The highest BCUT2D eigenvalue weighted by molar-refractivity contribution is 5.86. The number of carbonyl (C=O) groups is 3. The minimum Gasteiger partial charge on any atom is -0.464 e. The SMILES string of the molecule is CCOC(=O)CO[C@@H](C(=O)OC(C)(C)C)[C@@H](OCC=CCCc1ccc2ccccc2c1)C(=O)OCc1ccccc1. The Morgan fingerprint density at radius 3 is 2.17 bits per heavy atom. The van der Waals surface area contributed by atoms with Crippen molar-refractivity contribution in [2.45, 2.75) is 65.0 Å². The molecule has 0 N–H and O–H groups in total. The minimum atomic E-state index is -1.55. The van der Waals surface area contributed by atoms with Gasteiger partial charge in [0.05, 0.1) is 13.2 Å². The predicted molar refractivity (Wildman–Crippen MR) is 160 cm³/mol. The first-order valence-electron chi connectivity index (χ1n) is 14.1. The van der Waals surface area contributed by atoms with Crippen molar-refractivity contribution in [3.63, 3.8) is 0 Å². The fourth-order valence-electron chi connectivity index (χ4n) is 4.08. The molecule has 2 atom stereocenters. The summed E-state index contributed by atoms with van der Waals surface area (Å²) in [4.78, 5) is 38.4. The van der Waals surface area contributed by atoms with Crippen LogP contribution in [0.25, 0.3) is 10.8 Å². The number of hydrogen-bond acceptors (Lipinski definition) is 8. The Balaban J connectivity index is 1.69. The summed E-state index contributed by atoms with van der Waals surface area (Å²) < 4.78 is 27.3. The van der Waals surface area contributed by atoms with Gasteiger partial charge < -0.3 is 23.7 Å². The van der Waals surface area contributed by atoms with Crippen molar-refractivity contribution in [3.8, 4) is 0 Å². The first-order valence-corrected chi connectivity index (χ1v) is 14.1. The van der Waals surface area contributed by atoms with E-state index in [1.54, 1.807) is 33.8 Å². The molecule has 8 nitrogen and oxygen atoms in total. The molecular formula is C34H40O8. The van der Waals surface area contributed by atoms with Crippen molar-refractivity contribution in [2.75, 3.05) is 19.8 Å². The highest BCUT2D eigenvalue weighted by Crippen LogP contribution is 2.18. The van der Waals surface area contributed by atoms with Crippen molar-refractivity contribution >= 4 is 28.7 Å². The van der Waals surface area contributed by atoms with Crippen LogP contribution in [-0.2, 0) is 51.1 Å². The van der Waals surface area contributed by atoms with Crippen LogP contribution in [0.3, 0.4) is 0 Å². The first kappa shape index (κ1) is 32.5. The molecule has 0 radical (unpaired) electrons. The summed E-state index contributed by atoms with van der Waals surface area (Å²) in [6, 6.07) is 23.7. The van der Waals surface area contributed by atoms with Crippen molar-refractivity contribution < 1.29 is 38.1 Å². The molecule has 3 aromatic rings. The Labute approximate surface area is 247 Å². The summed E-state index contributed by atoms with van der Waals surface area (Å²) in [6.45, 7) is 6.28. The van der Waals surface area contributed by atoms with Gasteiger partial charge in [-0.05, 0) is 62.4 Å². The fraction of sp³-hybridized carbons (Fsp3) is 0.382. The molecule has 0 heterocycles. The third-order valence-electron chi connectivity index (χ3n) is 6.01. The van der Waals surface area contributed by atoms with Gasteiger partial charge in [-0.1, -0.05) is 84.9 Å². The van der Waals surface area contributed by atoms with Crippen molar-refractivity contribution in [1.82, 2.24) is 0 Å². The van der Waals surface area contributed by atoms with Crippen LogP contribution in [0.2, 0.25) is 0 Å². The maximum Gasteiger partial charge on any atom is 0.339 e. The summed E-state index contributed by atoms with van der Waals surface area (Å²) in [5.41, 5.74) is 1.10. The van der Waals surface area contributed by atoms with E-state index in [1.807, 2.05) is 48.5 Å². The summed E-state index contributed by atoms with van der Waals surface area (Å²) in [6.07, 6.45) is 2.26. The average molecular weight is 577 g/mol. The largest absolute Gasteiger partial charge is 0.464 e. The van der Waals surface area contributed by atoms with E-state index < -0.39 is 42.3 Å². The van der Waals surface area contributed by atoms with Gasteiger partial charge in [-0.25, -0.2) is 14.4 Å². The van der Waals surface area contributed by atoms with Crippen molar-refractivity contribution in [1.29, 1.82) is 0 Å². The summed E-state index contributed by atoms with van der Waals surface area (Å²) >= 11 is 0. The van der Waals surface area contributed by atoms with Gasteiger partial charge in [0.15, 0.2) is 12.2 Å². The van der Waals surface area contributed by atoms with Crippen LogP contribution in [0.1, 0.15) is 45.2 Å². The molecule has 0 unspecified atom stereocenters. The van der Waals surface area contributed by atoms with Gasteiger partial charge in [-0.15, -0.1) is 0 Å². The maximum atomic E-state index is 13.2. The van der Waals surface area contributed by atoms with Crippen molar-refractivity contribution in [2.24, 2.45) is 0 Å². The number of carbonyl (C=O) groups excluding carboxylic acids is 3. The van der Waals surface area contributed by atoms with Gasteiger partial charge in [0.1, 0.15) is 18.8 Å². The van der Waals surface area contributed by atoms with Crippen LogP contribution in [0.5, 0.6) is 0 Å². The lowest BCUT2D eigenvalue weighted by Crippen LogP contribution is -2.48. The molecule has 0 amide bonds. The molecule has 0 bridgehead atoms. The van der Waals surface area contributed by atoms with Crippen LogP contribution < -0.4 is 0 Å². The number of hydrogen-bond donors (Lipinski definition) is 0. The number of rotatable bonds is 15. The Morgan fingerprint density at radius 2 is 1.45 bits per heavy atom. The maximum absolute atomic E-state index is 13.2. The van der Waals surface area contributed by atoms with Gasteiger partial charge in [-0.2, -0.15) is 0 Å². The summed E-state index contributed by atoms with van der Waals surface area (Å²) in [7, 11) is 0. The zero-order valence-corrected chi connectivity index (χ0v) is 24.7. The molecule has 224 valence electrons. The van der Waals surface area contributed by atoms with E-state index in [1.165, 1.54) is 16.3 Å². The molecule has 8 heteroatoms. The molecule has 42 heavy (non-hydrogen) atoms. The third-order valence-corrected chi connectivity index (χ3v) is 6.01. The highest BCUT2D eigenvalue weighted by atomic mass is 16.6. The second-order valence-corrected chi connectivity index (χ2v) is 10.6. The second kappa shape index (κ2) is 16.4. The van der Waals surface area contributed by atoms with E-state index in [2.05, 4.69) is 30.3 Å². The van der Waals surface area contributed by atoms with Gasteiger partial charge in [0, 0.05) is 0 Å². The van der Waals surface area contributed by atoms with Crippen LogP contribution in [0.15, 0.2) is 84.9 Å². The van der Waals surface area contributed by atoms with Crippen LogP contribution in [0.4, 0.5) is 0 Å². The molecule has 3 rings (SSSR count). The van der Waals surface area contributed by atoms with E-state index in [0.29, 0.717) is 0 Å². The quantitative estimate of drug-likeness (QED) is 0.128. The standard InChI is InChI=1S/C34H40O8/c1-5-38-29(35)24-40-31(33(37)42-34(2,3)4)30(32(36)41-23-26-15-8-6-9-16-26)39-21-13-7-10-14-25-19-20-27-17-11-12-18-28(27)22-25/h6-9,11-13,15-20,22,30-31H,5,10,14,21,23-24H2,1-4H3/t30-,31-/m1/s1. The number of ether oxygens (including phenoxy) is 5. The molecule has 0 fully saturated rings. The smallest absolute Gasteiger partial charge is 0.339 e. The van der Waals surface area contributed by atoms with Gasteiger partial charge >= 0.3 is 17.9 Å². The third kappa shape index (κ3) is 11.1. The van der Waals surface area contributed by atoms with E-state index >= 15 is 0 Å². The van der Waals surface area contributed by atoms with Crippen LogP contribution >= 0.6 is 0 Å². The highest BCUT2D eigenvalue weighted by Gasteiger charge is 2.40. The van der Waals surface area contributed by atoms with E-state index in [0.717, 1.165) is 18.4 Å². The molecule has 0 aliphatic carbocycles. The molecule has 0 aliphatic rings. The molecular weight excluding hydrogens is 536 g/mol. The Bertz CT molecular complexity index is 1330. The molecule has 0 aromatic heterocycles. The number of benzene rings is 3. The Morgan fingerprint density at radius 1 is 0.762 bits per heavy atom. The summed E-state index contributed by atoms with van der Waals surface area (Å²) in [5.74, 6) is -2.35. The lowest BCUT2D eigenvalue weighted by Gasteiger charge is -2.28. The van der Waals surface area contributed by atoms with Crippen molar-refractivity contribution in [3.05, 3.63) is 96.1 Å². The predicted octanol–water partition coefficient (Wildman–Crippen LogP) is 5.75. The average Bonchev–Trinajstić information content (AvgIpc) is 2.96. The first-order chi connectivity index (χ1) is 20.2. The van der Waals surface area contributed by atoms with E-state index in [9.17, 15) is 14.4 Å². The molecule has 0 aliphatic heterocycles. The number of aryl methyl sites for hydroxylation is 1. The van der Waals surface area contributed by atoms with Crippen LogP contribution in [0, 0.1) is 0 Å². The molecule has 0 saturated carbocycles. The Hall–Kier alpha value is -4.01. The summed E-state index contributed by atoms with van der Waals surface area (Å²) in [5, 5.41) is 2.38.